The molecule has 0 unspecified atom stereocenters. The van der Waals surface area contributed by atoms with Gasteiger partial charge in [0, 0.05) is 43.3 Å². The average Bonchev–Trinajstić information content (AvgIpc) is 3.07. The number of hydrogen-bond donors (Lipinski definition) is 4. The van der Waals surface area contributed by atoms with E-state index in [1.54, 1.807) is 18.6 Å². The van der Waals surface area contributed by atoms with Crippen LogP contribution in [0.15, 0.2) is 29.7 Å². The normalized spacial score (nSPS) is 11.8. The molecule has 4 N–H and O–H groups in total. The molecule has 0 aliphatic rings. The number of imidazole rings is 1. The fourth-order valence-corrected chi connectivity index (χ4v) is 2.81. The molecule has 0 atom stereocenters. The van der Waals surface area contributed by atoms with E-state index < -0.39 is 10.0 Å². The molecule has 8 heteroatoms. The largest absolute Gasteiger partial charge is 0.363 e. The molecule has 0 aliphatic heterocycles. The van der Waals surface area contributed by atoms with Crippen LogP contribution in [0.2, 0.25) is 0 Å². The summed E-state index contributed by atoms with van der Waals surface area (Å²) < 4.78 is 26.7. The highest BCUT2D eigenvalue weighted by atomic mass is 32.2. The van der Waals surface area contributed by atoms with Crippen molar-refractivity contribution in [3.05, 3.63) is 36.2 Å². The standard InChI is InChI=1S/C12H19N5O2S/c1-2-13-7-11-5-12(8-15-11)20(18,19)17-4-3-10-6-14-9-16-10/h5-6,8-9,13,15,17H,2-4,7H2,1H3,(H,14,16). The zero-order valence-electron chi connectivity index (χ0n) is 11.3. The maximum absolute atomic E-state index is 12.1. The van der Waals surface area contributed by atoms with Crippen LogP contribution in [0.25, 0.3) is 0 Å². The minimum absolute atomic E-state index is 0.259. The van der Waals surface area contributed by atoms with Crippen molar-refractivity contribution in [2.24, 2.45) is 0 Å². The molecule has 2 aromatic rings. The quantitative estimate of drug-likeness (QED) is 0.565. The van der Waals surface area contributed by atoms with Crippen LogP contribution in [0.1, 0.15) is 18.3 Å². The number of hydrogen-bond acceptors (Lipinski definition) is 4. The van der Waals surface area contributed by atoms with Crippen molar-refractivity contribution in [1.82, 2.24) is 25.0 Å². The molecule has 2 rings (SSSR count). The van der Waals surface area contributed by atoms with Gasteiger partial charge in [-0.25, -0.2) is 18.1 Å². The van der Waals surface area contributed by atoms with Gasteiger partial charge in [-0.1, -0.05) is 6.92 Å². The second-order valence-electron chi connectivity index (χ2n) is 4.37. The Labute approximate surface area is 118 Å². The molecule has 2 aromatic heterocycles. The maximum Gasteiger partial charge on any atom is 0.242 e. The van der Waals surface area contributed by atoms with Crippen molar-refractivity contribution in [3.63, 3.8) is 0 Å². The van der Waals surface area contributed by atoms with Crippen molar-refractivity contribution in [3.8, 4) is 0 Å². The molecule has 0 fully saturated rings. The van der Waals surface area contributed by atoms with Crippen LogP contribution in [-0.4, -0.2) is 36.5 Å². The van der Waals surface area contributed by atoms with Crippen molar-refractivity contribution < 1.29 is 8.42 Å². The molecule has 0 saturated carbocycles. The first kappa shape index (κ1) is 14.8. The van der Waals surface area contributed by atoms with Gasteiger partial charge in [0.25, 0.3) is 0 Å². The lowest BCUT2D eigenvalue weighted by Crippen LogP contribution is -2.25. The molecular weight excluding hydrogens is 278 g/mol. The molecule has 0 bridgehead atoms. The molecule has 110 valence electrons. The monoisotopic (exact) mass is 297 g/mol. The molecule has 0 amide bonds. The van der Waals surface area contributed by atoms with Gasteiger partial charge in [0.05, 0.1) is 11.2 Å². The third-order valence-electron chi connectivity index (χ3n) is 2.83. The summed E-state index contributed by atoms with van der Waals surface area (Å²) in [7, 11) is -3.46. The molecule has 0 spiro atoms. The van der Waals surface area contributed by atoms with Crippen LogP contribution in [0.4, 0.5) is 0 Å². The molecule has 2 heterocycles. The fourth-order valence-electron chi connectivity index (χ4n) is 1.76. The molecule has 7 nitrogen and oxygen atoms in total. The van der Waals surface area contributed by atoms with E-state index in [9.17, 15) is 8.42 Å². The lowest BCUT2D eigenvalue weighted by Gasteiger charge is -2.03. The Morgan fingerprint density at radius 1 is 1.30 bits per heavy atom. The van der Waals surface area contributed by atoms with Gasteiger partial charge in [0.15, 0.2) is 0 Å². The minimum Gasteiger partial charge on any atom is -0.363 e. The first-order valence-electron chi connectivity index (χ1n) is 6.46. The van der Waals surface area contributed by atoms with Gasteiger partial charge in [-0.15, -0.1) is 0 Å². The van der Waals surface area contributed by atoms with Crippen molar-refractivity contribution in [1.29, 1.82) is 0 Å². The molecule has 0 saturated heterocycles. The number of sulfonamides is 1. The Balaban J connectivity index is 1.90. The van der Waals surface area contributed by atoms with Gasteiger partial charge in [0.2, 0.25) is 10.0 Å². The maximum atomic E-state index is 12.1. The predicted octanol–water partition coefficient (Wildman–Crippen LogP) is 0.368. The Hall–Kier alpha value is -1.64. The van der Waals surface area contributed by atoms with E-state index in [4.69, 9.17) is 0 Å². The number of rotatable bonds is 8. The number of aromatic nitrogens is 3. The summed E-state index contributed by atoms with van der Waals surface area (Å²) in [6.07, 6.45) is 5.33. The van der Waals surface area contributed by atoms with Crippen molar-refractivity contribution in [2.45, 2.75) is 24.8 Å². The number of nitrogens with zero attached hydrogens (tertiary/aromatic N) is 1. The SMILES string of the molecule is CCNCc1cc(S(=O)(=O)NCCc2cnc[nH]2)c[nH]1. The predicted molar refractivity (Wildman–Crippen MR) is 75.7 cm³/mol. The highest BCUT2D eigenvalue weighted by Crippen LogP contribution is 2.10. The lowest BCUT2D eigenvalue weighted by molar-refractivity contribution is 0.581. The van der Waals surface area contributed by atoms with Crippen LogP contribution in [-0.2, 0) is 23.0 Å². The fraction of sp³-hybridized carbons (Fsp3) is 0.417. The van der Waals surface area contributed by atoms with E-state index in [0.717, 1.165) is 17.9 Å². The minimum atomic E-state index is -3.46. The zero-order chi connectivity index (χ0) is 14.4. The van der Waals surface area contributed by atoms with Gasteiger partial charge in [-0.05, 0) is 12.6 Å². The lowest BCUT2D eigenvalue weighted by atomic mass is 10.3. The smallest absolute Gasteiger partial charge is 0.242 e. The third-order valence-corrected chi connectivity index (χ3v) is 4.27. The molecule has 0 aromatic carbocycles. The van der Waals surface area contributed by atoms with Gasteiger partial charge in [-0.3, -0.25) is 0 Å². The summed E-state index contributed by atoms with van der Waals surface area (Å²) in [5, 5.41) is 3.13. The summed E-state index contributed by atoms with van der Waals surface area (Å²) in [6, 6.07) is 1.64. The first-order valence-corrected chi connectivity index (χ1v) is 7.95. The Kier molecular flexibility index (Phi) is 4.94. The highest BCUT2D eigenvalue weighted by Gasteiger charge is 2.15. The van der Waals surface area contributed by atoms with Crippen LogP contribution in [0.5, 0.6) is 0 Å². The van der Waals surface area contributed by atoms with Crippen molar-refractivity contribution in [2.75, 3.05) is 13.1 Å². The topological polar surface area (TPSA) is 103 Å². The molecule has 20 heavy (non-hydrogen) atoms. The van der Waals surface area contributed by atoms with Crippen molar-refractivity contribution >= 4 is 10.0 Å². The van der Waals surface area contributed by atoms with E-state index in [1.807, 2.05) is 6.92 Å². The molecule has 0 radical (unpaired) electrons. The summed E-state index contributed by atoms with van der Waals surface area (Å²) in [5.41, 5.74) is 1.75. The van der Waals surface area contributed by atoms with Crippen LogP contribution in [0, 0.1) is 0 Å². The Morgan fingerprint density at radius 2 is 2.15 bits per heavy atom. The summed E-state index contributed by atoms with van der Waals surface area (Å²) in [4.78, 5) is 10.0. The third kappa shape index (κ3) is 3.92. The van der Waals surface area contributed by atoms with Crippen LogP contribution >= 0.6 is 0 Å². The van der Waals surface area contributed by atoms with Gasteiger partial charge < -0.3 is 15.3 Å². The van der Waals surface area contributed by atoms with Gasteiger partial charge in [-0.2, -0.15) is 0 Å². The zero-order valence-corrected chi connectivity index (χ0v) is 12.1. The Morgan fingerprint density at radius 3 is 2.85 bits per heavy atom. The second-order valence-corrected chi connectivity index (χ2v) is 6.13. The van der Waals surface area contributed by atoms with E-state index in [0.29, 0.717) is 19.5 Å². The van der Waals surface area contributed by atoms with Crippen LogP contribution < -0.4 is 10.0 Å². The summed E-state index contributed by atoms with van der Waals surface area (Å²) >= 11 is 0. The van der Waals surface area contributed by atoms with E-state index in [1.165, 1.54) is 6.20 Å². The summed E-state index contributed by atoms with van der Waals surface area (Å²) in [5.74, 6) is 0. The van der Waals surface area contributed by atoms with Gasteiger partial charge >= 0.3 is 0 Å². The first-order chi connectivity index (χ1) is 9.62. The number of H-pyrrole nitrogens is 2. The molecule has 0 aliphatic carbocycles. The molecular formula is C12H19N5O2S. The average molecular weight is 297 g/mol. The van der Waals surface area contributed by atoms with E-state index in [2.05, 4.69) is 25.0 Å². The van der Waals surface area contributed by atoms with E-state index >= 15 is 0 Å². The van der Waals surface area contributed by atoms with Crippen LogP contribution in [0.3, 0.4) is 0 Å². The second kappa shape index (κ2) is 6.69. The van der Waals surface area contributed by atoms with E-state index in [-0.39, 0.29) is 4.90 Å². The number of aromatic amines is 2. The summed E-state index contributed by atoms with van der Waals surface area (Å²) in [6.45, 7) is 3.79. The Bertz CT molecular complexity index is 618. The van der Waals surface area contributed by atoms with Gasteiger partial charge in [0.1, 0.15) is 0 Å². The number of nitrogens with one attached hydrogen (secondary N) is 4. The highest BCUT2D eigenvalue weighted by molar-refractivity contribution is 7.89.